The predicted octanol–water partition coefficient (Wildman–Crippen LogP) is 4.78. The Hall–Kier alpha value is -1.82. The van der Waals surface area contributed by atoms with E-state index in [4.69, 9.17) is 9.15 Å². The van der Waals surface area contributed by atoms with Crippen LogP contribution in [0.25, 0.3) is 0 Å². The SMILES string of the molecule is CCCCCCCCC(=O)N(CCC)CC(=O)N(Cc1ccco1)C[C@@H]1CCCO1. The molecule has 2 heterocycles. The topological polar surface area (TPSA) is 63.0 Å². The van der Waals surface area contributed by atoms with Gasteiger partial charge in [-0.25, -0.2) is 0 Å². The van der Waals surface area contributed by atoms with Crippen LogP contribution in [-0.2, 0) is 20.9 Å². The van der Waals surface area contributed by atoms with Crippen LogP contribution in [0, 0.1) is 0 Å². The summed E-state index contributed by atoms with van der Waals surface area (Å²) in [6.45, 7) is 6.72. The normalized spacial score (nSPS) is 16.0. The molecule has 0 aliphatic carbocycles. The van der Waals surface area contributed by atoms with E-state index in [2.05, 4.69) is 6.92 Å². The molecule has 1 aliphatic rings. The largest absolute Gasteiger partial charge is 0.467 e. The number of carbonyl (C=O) groups is 2. The number of nitrogens with zero attached hydrogens (tertiary/aromatic N) is 2. The second-order valence-electron chi connectivity index (χ2n) is 8.32. The first-order valence-electron chi connectivity index (χ1n) is 11.8. The van der Waals surface area contributed by atoms with Gasteiger partial charge in [0.25, 0.3) is 0 Å². The van der Waals surface area contributed by atoms with Gasteiger partial charge >= 0.3 is 0 Å². The third-order valence-corrected chi connectivity index (χ3v) is 5.64. The lowest BCUT2D eigenvalue weighted by atomic mass is 10.1. The zero-order valence-corrected chi connectivity index (χ0v) is 18.9. The highest BCUT2D eigenvalue weighted by molar-refractivity contribution is 5.84. The molecule has 0 saturated carbocycles. The molecule has 1 aliphatic heterocycles. The quantitative estimate of drug-likeness (QED) is 0.383. The Morgan fingerprint density at radius 3 is 2.50 bits per heavy atom. The molecule has 1 fully saturated rings. The van der Waals surface area contributed by atoms with Crippen molar-refractivity contribution < 1.29 is 18.7 Å². The van der Waals surface area contributed by atoms with Gasteiger partial charge in [0.15, 0.2) is 0 Å². The molecule has 30 heavy (non-hydrogen) atoms. The van der Waals surface area contributed by atoms with Crippen LogP contribution >= 0.6 is 0 Å². The summed E-state index contributed by atoms with van der Waals surface area (Å²) in [6.07, 6.45) is 12.0. The molecule has 0 aromatic carbocycles. The summed E-state index contributed by atoms with van der Waals surface area (Å²) in [5.41, 5.74) is 0. The minimum atomic E-state index is -0.0355. The van der Waals surface area contributed by atoms with Crippen LogP contribution in [0.1, 0.15) is 83.8 Å². The molecule has 6 nitrogen and oxygen atoms in total. The number of furan rings is 1. The van der Waals surface area contributed by atoms with Crippen LogP contribution < -0.4 is 0 Å². The molecule has 2 rings (SSSR count). The van der Waals surface area contributed by atoms with Crippen molar-refractivity contribution in [3.63, 3.8) is 0 Å². The van der Waals surface area contributed by atoms with E-state index in [1.54, 1.807) is 16.1 Å². The summed E-state index contributed by atoms with van der Waals surface area (Å²) >= 11 is 0. The van der Waals surface area contributed by atoms with E-state index in [1.807, 2.05) is 19.1 Å². The maximum atomic E-state index is 13.1. The second kappa shape index (κ2) is 14.2. The minimum absolute atomic E-state index is 0.0355. The van der Waals surface area contributed by atoms with Crippen molar-refractivity contribution in [2.45, 2.75) is 90.7 Å². The van der Waals surface area contributed by atoms with Crippen molar-refractivity contribution in [2.24, 2.45) is 0 Å². The van der Waals surface area contributed by atoms with Crippen molar-refractivity contribution in [1.82, 2.24) is 9.80 Å². The highest BCUT2D eigenvalue weighted by Gasteiger charge is 2.26. The fourth-order valence-corrected chi connectivity index (χ4v) is 3.92. The molecule has 6 heteroatoms. The third-order valence-electron chi connectivity index (χ3n) is 5.64. The van der Waals surface area contributed by atoms with Crippen molar-refractivity contribution >= 4 is 11.8 Å². The van der Waals surface area contributed by atoms with Gasteiger partial charge in [-0.05, 0) is 37.8 Å². The predicted molar refractivity (Wildman–Crippen MR) is 118 cm³/mol. The number of carbonyl (C=O) groups excluding carboxylic acids is 2. The monoisotopic (exact) mass is 420 g/mol. The lowest BCUT2D eigenvalue weighted by Crippen LogP contribution is -2.45. The van der Waals surface area contributed by atoms with E-state index in [-0.39, 0.29) is 24.5 Å². The van der Waals surface area contributed by atoms with E-state index in [1.165, 1.54) is 25.7 Å². The first-order valence-corrected chi connectivity index (χ1v) is 11.8. The van der Waals surface area contributed by atoms with Crippen LogP contribution in [0.4, 0.5) is 0 Å². The minimum Gasteiger partial charge on any atom is -0.467 e. The summed E-state index contributed by atoms with van der Waals surface area (Å²) in [7, 11) is 0. The molecule has 0 radical (unpaired) electrons. The third kappa shape index (κ3) is 8.90. The Labute approximate surface area is 181 Å². The second-order valence-corrected chi connectivity index (χ2v) is 8.32. The number of amides is 2. The van der Waals surface area contributed by atoms with E-state index in [0.717, 1.165) is 44.5 Å². The van der Waals surface area contributed by atoms with E-state index in [9.17, 15) is 9.59 Å². The standard InChI is InChI=1S/C24H40N2O4/c1-3-5-6-7-8-9-14-23(27)25(15-4-2)20-24(28)26(18-21-12-10-16-29-21)19-22-13-11-17-30-22/h10,12,16,22H,3-9,11,13-15,17-20H2,1-2H3/t22-/m0/s1. The fraction of sp³-hybridized carbons (Fsp3) is 0.750. The van der Waals surface area contributed by atoms with Crippen LogP contribution in [-0.4, -0.2) is 54.0 Å². The summed E-state index contributed by atoms with van der Waals surface area (Å²) in [6, 6.07) is 3.71. The lowest BCUT2D eigenvalue weighted by molar-refractivity contribution is -0.142. The van der Waals surface area contributed by atoms with Crippen LogP contribution in [0.15, 0.2) is 22.8 Å². The van der Waals surface area contributed by atoms with Crippen LogP contribution in [0.3, 0.4) is 0 Å². The molecule has 0 bridgehead atoms. The van der Waals surface area contributed by atoms with Gasteiger partial charge in [-0.1, -0.05) is 46.0 Å². The Kier molecular flexibility index (Phi) is 11.6. The molecule has 2 amide bonds. The van der Waals surface area contributed by atoms with Crippen molar-refractivity contribution in [2.75, 3.05) is 26.2 Å². The van der Waals surface area contributed by atoms with E-state index >= 15 is 0 Å². The van der Waals surface area contributed by atoms with Crippen LogP contribution in [0.5, 0.6) is 0 Å². The number of rotatable bonds is 15. The van der Waals surface area contributed by atoms with Gasteiger partial charge in [-0.15, -0.1) is 0 Å². The number of hydrogen-bond acceptors (Lipinski definition) is 4. The molecule has 1 saturated heterocycles. The Morgan fingerprint density at radius 2 is 1.83 bits per heavy atom. The smallest absolute Gasteiger partial charge is 0.242 e. The van der Waals surface area contributed by atoms with Crippen LogP contribution in [0.2, 0.25) is 0 Å². The Morgan fingerprint density at radius 1 is 1.03 bits per heavy atom. The Bertz CT molecular complexity index is 596. The maximum Gasteiger partial charge on any atom is 0.242 e. The summed E-state index contributed by atoms with van der Waals surface area (Å²) < 4.78 is 11.2. The number of hydrogen-bond donors (Lipinski definition) is 0. The number of unbranched alkanes of at least 4 members (excludes halogenated alkanes) is 5. The summed E-state index contributed by atoms with van der Waals surface area (Å²) in [5.74, 6) is 0.809. The molecule has 1 aromatic heterocycles. The van der Waals surface area contributed by atoms with Gasteiger partial charge in [-0.2, -0.15) is 0 Å². The highest BCUT2D eigenvalue weighted by Crippen LogP contribution is 2.16. The van der Waals surface area contributed by atoms with Gasteiger partial charge in [0.2, 0.25) is 11.8 Å². The summed E-state index contributed by atoms with van der Waals surface area (Å²) in [5, 5.41) is 0. The van der Waals surface area contributed by atoms with E-state index < -0.39 is 0 Å². The zero-order chi connectivity index (χ0) is 21.6. The maximum absolute atomic E-state index is 13.1. The van der Waals surface area contributed by atoms with Gasteiger partial charge in [0, 0.05) is 26.1 Å². The Balaban J connectivity index is 1.88. The average molecular weight is 421 g/mol. The molecule has 1 atom stereocenters. The number of ether oxygens (including phenoxy) is 1. The molecule has 0 unspecified atom stereocenters. The van der Waals surface area contributed by atoms with Gasteiger partial charge in [-0.3, -0.25) is 9.59 Å². The van der Waals surface area contributed by atoms with Gasteiger partial charge in [0.05, 0.1) is 25.5 Å². The zero-order valence-electron chi connectivity index (χ0n) is 18.9. The molecule has 0 spiro atoms. The van der Waals surface area contributed by atoms with E-state index in [0.29, 0.717) is 26.1 Å². The molecule has 170 valence electrons. The lowest BCUT2D eigenvalue weighted by Gasteiger charge is -2.28. The van der Waals surface area contributed by atoms with Crippen molar-refractivity contribution in [3.05, 3.63) is 24.2 Å². The fourth-order valence-electron chi connectivity index (χ4n) is 3.92. The summed E-state index contributed by atoms with van der Waals surface area (Å²) in [4.78, 5) is 29.4. The molecule has 1 aromatic rings. The van der Waals surface area contributed by atoms with Gasteiger partial charge in [0.1, 0.15) is 5.76 Å². The first kappa shape index (κ1) is 24.4. The molecular formula is C24H40N2O4. The van der Waals surface area contributed by atoms with Crippen molar-refractivity contribution in [3.8, 4) is 0 Å². The van der Waals surface area contributed by atoms with Crippen molar-refractivity contribution in [1.29, 1.82) is 0 Å². The molecule has 0 N–H and O–H groups in total. The average Bonchev–Trinajstić information content (AvgIpc) is 3.44. The first-order chi connectivity index (χ1) is 14.6. The molecular weight excluding hydrogens is 380 g/mol. The van der Waals surface area contributed by atoms with Gasteiger partial charge < -0.3 is 19.0 Å². The highest BCUT2D eigenvalue weighted by atomic mass is 16.5.